The monoisotopic (exact) mass is 371 g/mol. The zero-order chi connectivity index (χ0) is 19.4. The molecular weight excluding hydrogens is 346 g/mol. The summed E-state index contributed by atoms with van der Waals surface area (Å²) >= 11 is 0. The molecule has 1 aromatic heterocycles. The topological polar surface area (TPSA) is 101 Å². The summed E-state index contributed by atoms with van der Waals surface area (Å²) < 4.78 is 0. The summed E-state index contributed by atoms with van der Waals surface area (Å²) in [6.07, 6.45) is 1.59. The van der Waals surface area contributed by atoms with E-state index in [1.54, 1.807) is 4.90 Å². The fourth-order valence-corrected chi connectivity index (χ4v) is 3.49. The van der Waals surface area contributed by atoms with Crippen molar-refractivity contribution >= 4 is 11.9 Å². The van der Waals surface area contributed by atoms with Gasteiger partial charge in [-0.15, -0.1) is 10.2 Å². The van der Waals surface area contributed by atoms with Crippen molar-refractivity contribution in [2.24, 2.45) is 11.8 Å². The van der Waals surface area contributed by atoms with Crippen LogP contribution in [-0.4, -0.2) is 55.2 Å². The van der Waals surface area contributed by atoms with Gasteiger partial charge in [-0.2, -0.15) is 4.80 Å². The Morgan fingerprint density at radius 2 is 1.85 bits per heavy atom. The molecule has 8 heteroatoms. The zero-order valence-electron chi connectivity index (χ0n) is 15.7. The largest absolute Gasteiger partial charge is 0.481 e. The first-order valence-electron chi connectivity index (χ1n) is 9.31. The summed E-state index contributed by atoms with van der Waals surface area (Å²) in [4.78, 5) is 27.2. The number of carbonyl (C=O) groups excluding carboxylic acids is 1. The van der Waals surface area contributed by atoms with Gasteiger partial charge in [-0.25, -0.2) is 0 Å². The third-order valence-electron chi connectivity index (χ3n) is 4.98. The van der Waals surface area contributed by atoms with Gasteiger partial charge >= 0.3 is 5.97 Å². The lowest BCUT2D eigenvalue weighted by atomic mass is 9.92. The molecule has 1 N–H and O–H groups in total. The average Bonchev–Trinajstić information content (AvgIpc) is 3.12. The van der Waals surface area contributed by atoms with Gasteiger partial charge in [0.1, 0.15) is 0 Å². The van der Waals surface area contributed by atoms with Crippen molar-refractivity contribution in [3.8, 4) is 11.4 Å². The Balaban J connectivity index is 1.72. The van der Waals surface area contributed by atoms with Crippen molar-refractivity contribution in [3.05, 3.63) is 30.3 Å². The van der Waals surface area contributed by atoms with Gasteiger partial charge < -0.3 is 10.0 Å². The van der Waals surface area contributed by atoms with E-state index in [0.717, 1.165) is 5.56 Å². The van der Waals surface area contributed by atoms with Crippen LogP contribution in [0.3, 0.4) is 0 Å². The molecule has 1 aliphatic rings. The van der Waals surface area contributed by atoms with Crippen molar-refractivity contribution in [1.29, 1.82) is 0 Å². The molecule has 3 rings (SSSR count). The van der Waals surface area contributed by atoms with Gasteiger partial charge in [-0.05, 0) is 29.9 Å². The first-order valence-corrected chi connectivity index (χ1v) is 9.31. The first kappa shape index (κ1) is 19.0. The Kier molecular flexibility index (Phi) is 5.83. The number of benzene rings is 1. The molecule has 1 unspecified atom stereocenters. The highest BCUT2D eigenvalue weighted by Gasteiger charge is 2.33. The fraction of sp³-hybridized carbons (Fsp3) is 0.526. The molecule has 0 radical (unpaired) electrons. The van der Waals surface area contributed by atoms with Crippen LogP contribution in [0.2, 0.25) is 0 Å². The van der Waals surface area contributed by atoms with Crippen molar-refractivity contribution in [2.75, 3.05) is 13.1 Å². The molecule has 27 heavy (non-hydrogen) atoms. The molecule has 0 spiro atoms. The highest BCUT2D eigenvalue weighted by molar-refractivity contribution is 5.80. The van der Waals surface area contributed by atoms with Crippen LogP contribution in [-0.2, 0) is 9.59 Å². The molecule has 1 saturated heterocycles. The lowest BCUT2D eigenvalue weighted by Crippen LogP contribution is -2.44. The third kappa shape index (κ3) is 4.50. The molecule has 0 aliphatic carbocycles. The molecule has 1 aliphatic heterocycles. The number of piperidine rings is 1. The number of carboxylic acid groups (broad SMARTS) is 1. The molecule has 144 valence electrons. The van der Waals surface area contributed by atoms with E-state index < -0.39 is 12.0 Å². The minimum atomic E-state index is -0.778. The number of hydrogen-bond acceptors (Lipinski definition) is 5. The van der Waals surface area contributed by atoms with E-state index in [1.165, 1.54) is 4.80 Å². The molecule has 2 heterocycles. The van der Waals surface area contributed by atoms with E-state index >= 15 is 0 Å². The lowest BCUT2D eigenvalue weighted by molar-refractivity contribution is -0.140. The highest BCUT2D eigenvalue weighted by atomic mass is 16.4. The summed E-state index contributed by atoms with van der Waals surface area (Å²) in [6, 6.07) is 9.01. The summed E-state index contributed by atoms with van der Waals surface area (Å²) in [5.74, 6) is -0.171. The molecule has 1 atom stereocenters. The van der Waals surface area contributed by atoms with Crippen LogP contribution in [0.15, 0.2) is 30.3 Å². The van der Waals surface area contributed by atoms with E-state index in [1.807, 2.05) is 44.2 Å². The van der Waals surface area contributed by atoms with Gasteiger partial charge in [0.2, 0.25) is 11.7 Å². The van der Waals surface area contributed by atoms with Gasteiger partial charge in [-0.1, -0.05) is 44.2 Å². The number of rotatable bonds is 6. The lowest BCUT2D eigenvalue weighted by Gasteiger charge is -2.34. The Labute approximate surface area is 158 Å². The number of carboxylic acids is 1. The summed E-state index contributed by atoms with van der Waals surface area (Å²) in [5.41, 5.74) is 0.855. The van der Waals surface area contributed by atoms with Crippen LogP contribution in [0.4, 0.5) is 0 Å². The molecule has 2 aromatic rings. The molecule has 8 nitrogen and oxygen atoms in total. The Hall–Kier alpha value is -2.77. The van der Waals surface area contributed by atoms with Crippen LogP contribution in [0, 0.1) is 11.8 Å². The molecule has 0 saturated carbocycles. The smallest absolute Gasteiger partial charge is 0.303 e. The number of likely N-dealkylation sites (tertiary alicyclic amines) is 1. The maximum absolute atomic E-state index is 13.1. The van der Waals surface area contributed by atoms with E-state index in [-0.39, 0.29) is 24.2 Å². The summed E-state index contributed by atoms with van der Waals surface area (Å²) in [6.45, 7) is 5.07. The normalized spacial score (nSPS) is 16.5. The maximum Gasteiger partial charge on any atom is 0.303 e. The highest BCUT2D eigenvalue weighted by Crippen LogP contribution is 2.25. The summed E-state index contributed by atoms with van der Waals surface area (Å²) in [5, 5.41) is 21.6. The maximum atomic E-state index is 13.1. The first-order chi connectivity index (χ1) is 13.0. The Morgan fingerprint density at radius 3 is 2.44 bits per heavy atom. The van der Waals surface area contributed by atoms with Crippen LogP contribution < -0.4 is 0 Å². The number of tetrazole rings is 1. The minimum Gasteiger partial charge on any atom is -0.481 e. The second-order valence-corrected chi connectivity index (χ2v) is 7.35. The van der Waals surface area contributed by atoms with Crippen LogP contribution in [0.5, 0.6) is 0 Å². The van der Waals surface area contributed by atoms with Crippen LogP contribution in [0.25, 0.3) is 11.4 Å². The number of aliphatic carboxylic acids is 1. The quantitative estimate of drug-likeness (QED) is 0.836. The fourth-order valence-electron chi connectivity index (χ4n) is 3.49. The third-order valence-corrected chi connectivity index (χ3v) is 4.98. The van der Waals surface area contributed by atoms with Crippen molar-refractivity contribution < 1.29 is 14.7 Å². The zero-order valence-corrected chi connectivity index (χ0v) is 15.7. The van der Waals surface area contributed by atoms with E-state index in [4.69, 9.17) is 5.11 Å². The molecular formula is C19H25N5O3. The SMILES string of the molecule is CC(C)C(C(=O)N1CCC(CC(=O)O)CC1)n1nnc(-c2ccccc2)n1. The number of aromatic nitrogens is 4. The van der Waals surface area contributed by atoms with Crippen LogP contribution >= 0.6 is 0 Å². The van der Waals surface area contributed by atoms with E-state index in [2.05, 4.69) is 15.4 Å². The van der Waals surface area contributed by atoms with Gasteiger partial charge in [0, 0.05) is 25.1 Å². The van der Waals surface area contributed by atoms with Crippen LogP contribution in [0.1, 0.15) is 39.2 Å². The predicted octanol–water partition coefficient (Wildman–Crippen LogP) is 2.25. The van der Waals surface area contributed by atoms with Crippen molar-refractivity contribution in [1.82, 2.24) is 25.1 Å². The van der Waals surface area contributed by atoms with E-state index in [9.17, 15) is 9.59 Å². The second kappa shape index (κ2) is 8.28. The number of nitrogens with zero attached hydrogens (tertiary/aromatic N) is 5. The van der Waals surface area contributed by atoms with Gasteiger partial charge in [0.15, 0.2) is 6.04 Å². The standard InChI is InChI=1S/C19H25N5O3/c1-13(2)17(19(27)23-10-8-14(9-11-23)12-16(25)26)24-21-18(20-22-24)15-6-4-3-5-7-15/h3-7,13-14,17H,8-12H2,1-2H3,(H,25,26). The molecule has 1 amide bonds. The predicted molar refractivity (Wildman–Crippen MR) is 98.7 cm³/mol. The van der Waals surface area contributed by atoms with Crippen molar-refractivity contribution in [3.63, 3.8) is 0 Å². The number of hydrogen-bond donors (Lipinski definition) is 1. The Bertz CT molecular complexity index is 782. The minimum absolute atomic E-state index is 0.00654. The van der Waals surface area contributed by atoms with Gasteiger partial charge in [-0.3, -0.25) is 9.59 Å². The Morgan fingerprint density at radius 1 is 1.19 bits per heavy atom. The average molecular weight is 371 g/mol. The molecule has 1 fully saturated rings. The molecule has 0 bridgehead atoms. The number of amides is 1. The second-order valence-electron chi connectivity index (χ2n) is 7.35. The van der Waals surface area contributed by atoms with Gasteiger partial charge in [0.05, 0.1) is 0 Å². The van der Waals surface area contributed by atoms with Gasteiger partial charge in [0.25, 0.3) is 0 Å². The summed E-state index contributed by atoms with van der Waals surface area (Å²) in [7, 11) is 0. The number of carbonyl (C=O) groups is 2. The van der Waals surface area contributed by atoms with E-state index in [0.29, 0.717) is 31.8 Å². The van der Waals surface area contributed by atoms with Crippen molar-refractivity contribution in [2.45, 2.75) is 39.2 Å². The molecule has 1 aromatic carbocycles.